The normalized spacial score (nSPS) is 11.9. The summed E-state index contributed by atoms with van der Waals surface area (Å²) in [5.74, 6) is -1.99. The monoisotopic (exact) mass is 1280 g/mol. The number of benzene rings is 8. The predicted octanol–water partition coefficient (Wildman–Crippen LogP) is 12.5. The Morgan fingerprint density at radius 3 is 1.25 bits per heavy atom. The smallest absolute Gasteiger partial charge is 0.871 e. The summed E-state index contributed by atoms with van der Waals surface area (Å²) in [6.07, 6.45) is 19.1. The number of azo groups is 2. The largest absolute Gasteiger partial charge is 3.00 e. The topological polar surface area (TPSA) is 401 Å². The molecular formula is C62H71CrN8O15S2-2. The van der Waals surface area contributed by atoms with Crippen LogP contribution in [0.3, 0.4) is 0 Å². The molecule has 8 rings (SSSR count). The Balaban J connectivity index is 0.000000336. The van der Waals surface area contributed by atoms with Gasteiger partial charge in [0.2, 0.25) is 0 Å². The van der Waals surface area contributed by atoms with Crippen molar-refractivity contribution in [1.82, 2.24) is 5.32 Å². The van der Waals surface area contributed by atoms with Crippen LogP contribution in [-0.4, -0.2) is 67.1 Å². The van der Waals surface area contributed by atoms with E-state index < -0.39 is 74.2 Å². The zero-order chi connectivity index (χ0) is 63.7. The summed E-state index contributed by atoms with van der Waals surface area (Å²) in [4.78, 5) is 18.8. The van der Waals surface area contributed by atoms with Crippen molar-refractivity contribution < 1.29 is 80.1 Å². The SMILES string of the molecule is CCCCC(CC)CN.CCCCCCCCCCCCNCCO.O=[N+]([O-])c1ccc2c(N=Nc3c([O-])ccc4ccccc34)c([O-])cc(S(=O)(=O)[O-])c2c1.O=[N+]([O-])c1ccc2c(N=Nc3c([O-])ccc4ccccc34)c([O-])cc(S(=O)(=O)[O-])c2c1.[Cr+3].[H+]. The second kappa shape index (κ2) is 35.9. The van der Waals surface area contributed by atoms with Gasteiger partial charge in [0.05, 0.1) is 49.0 Å². The first kappa shape index (κ1) is 72.7. The van der Waals surface area contributed by atoms with Crippen molar-refractivity contribution in [2.75, 3.05) is 26.2 Å². The van der Waals surface area contributed by atoms with Crippen molar-refractivity contribution >= 4 is 97.5 Å². The summed E-state index contributed by atoms with van der Waals surface area (Å²) >= 11 is 0. The number of hydrogen-bond donors (Lipinski definition) is 3. The van der Waals surface area contributed by atoms with Gasteiger partial charge in [-0.05, 0) is 66.9 Å². The van der Waals surface area contributed by atoms with Crippen molar-refractivity contribution in [3.8, 4) is 23.0 Å². The van der Waals surface area contributed by atoms with Gasteiger partial charge in [0.1, 0.15) is 20.2 Å². The van der Waals surface area contributed by atoms with E-state index in [0.717, 1.165) is 62.0 Å². The summed E-state index contributed by atoms with van der Waals surface area (Å²) in [7, 11) is -10.2. The van der Waals surface area contributed by atoms with E-state index in [1.807, 2.05) is 0 Å². The fourth-order valence-electron chi connectivity index (χ4n) is 9.33. The molecule has 8 aromatic carbocycles. The first-order valence-electron chi connectivity index (χ1n) is 28.6. The Labute approximate surface area is 523 Å². The minimum atomic E-state index is -5.11. The Hall–Kier alpha value is -7.77. The Bertz CT molecular complexity index is 3690. The van der Waals surface area contributed by atoms with Crippen molar-refractivity contribution in [3.63, 3.8) is 0 Å². The van der Waals surface area contributed by atoms with Crippen LogP contribution in [0.25, 0.3) is 43.1 Å². The van der Waals surface area contributed by atoms with E-state index in [9.17, 15) is 66.6 Å². The summed E-state index contributed by atoms with van der Waals surface area (Å²) < 4.78 is 69.6. The third-order valence-electron chi connectivity index (χ3n) is 14.1. The van der Waals surface area contributed by atoms with E-state index in [4.69, 9.17) is 10.8 Å². The standard InChI is InChI=1S/2C20H13N3O7S.C14H31NO.C8H19N.Cr/c2*24-16-8-5-11-3-1-2-4-13(11)19(16)21-22-20-14-7-6-12(23(26)27)9-15(14)18(10-17(20)25)31(28,29)30;1-2-3-4-5-6-7-8-9-10-11-12-15-13-14-16;1-3-5-6-8(4-2)7-9;/h2*1-10,24-25H,(H,28,29,30);15-16H,2-14H2,1H3;8H,3-7,9H2,1-2H3;/q;;;;+3/p-5. The van der Waals surface area contributed by atoms with Gasteiger partial charge in [-0.1, -0.05) is 194 Å². The summed E-state index contributed by atoms with van der Waals surface area (Å²) in [6.45, 7) is 9.66. The van der Waals surface area contributed by atoms with Crippen molar-refractivity contribution in [2.45, 2.75) is 120 Å². The van der Waals surface area contributed by atoms with Gasteiger partial charge in [-0.3, -0.25) is 20.2 Å². The van der Waals surface area contributed by atoms with Crippen LogP contribution < -0.4 is 31.5 Å². The zero-order valence-corrected chi connectivity index (χ0v) is 51.9. The van der Waals surface area contributed by atoms with Crippen molar-refractivity contribution in [2.24, 2.45) is 32.1 Å². The summed E-state index contributed by atoms with van der Waals surface area (Å²) in [5, 5.41) is 101. The quantitative estimate of drug-likeness (QED) is 0.0149. The molecule has 0 saturated heterocycles. The maximum Gasteiger partial charge on any atom is 3.00 e. The van der Waals surface area contributed by atoms with Crippen molar-refractivity contribution in [3.05, 3.63) is 142 Å². The number of hydrogen-bond acceptors (Lipinski definition) is 21. The number of nitro groups is 2. The van der Waals surface area contributed by atoms with Crippen LogP contribution in [-0.2, 0) is 37.6 Å². The molecule has 0 aliphatic rings. The van der Waals surface area contributed by atoms with Gasteiger partial charge in [-0.25, -0.2) is 16.8 Å². The minimum Gasteiger partial charge on any atom is -0.871 e. The average Bonchev–Trinajstić information content (AvgIpc) is 2.11. The maximum atomic E-state index is 12.5. The van der Waals surface area contributed by atoms with Crippen LogP contribution in [0.5, 0.6) is 23.0 Å². The fraction of sp³-hybridized carbons (Fsp3) is 0.355. The van der Waals surface area contributed by atoms with E-state index >= 15 is 0 Å². The van der Waals surface area contributed by atoms with E-state index in [0.29, 0.717) is 33.7 Å². The van der Waals surface area contributed by atoms with Gasteiger partial charge in [-0.2, -0.15) is 20.5 Å². The third kappa shape index (κ3) is 21.0. The molecule has 88 heavy (non-hydrogen) atoms. The van der Waals surface area contributed by atoms with Gasteiger partial charge in [0.15, 0.2) is 0 Å². The van der Waals surface area contributed by atoms with Crippen LogP contribution in [0.1, 0.15) is 112 Å². The molecule has 1 atom stereocenters. The van der Waals surface area contributed by atoms with Crippen LogP contribution >= 0.6 is 0 Å². The van der Waals surface area contributed by atoms with Gasteiger partial charge in [0, 0.05) is 63.1 Å². The average molecular weight is 1280 g/mol. The third-order valence-corrected chi connectivity index (χ3v) is 15.9. The molecule has 0 aromatic heterocycles. The number of nitrogens with zero attached hydrogens (tertiary/aromatic N) is 6. The van der Waals surface area contributed by atoms with E-state index in [1.54, 1.807) is 60.7 Å². The molecule has 0 aliphatic heterocycles. The molecule has 0 heterocycles. The molecule has 0 saturated carbocycles. The molecule has 4 N–H and O–H groups in total. The molecule has 0 amide bonds. The molecular weight excluding hydrogens is 1210 g/mol. The number of non-ortho nitro benzene ring substituents is 2. The number of nitro benzene ring substituents is 2. The first-order valence-corrected chi connectivity index (χ1v) is 31.4. The van der Waals surface area contributed by atoms with Gasteiger partial charge < -0.3 is 45.7 Å². The minimum absolute atomic E-state index is 0. The first-order chi connectivity index (χ1) is 41.6. The maximum absolute atomic E-state index is 12.5. The molecule has 0 bridgehead atoms. The molecule has 1 radical (unpaired) electrons. The van der Waals surface area contributed by atoms with E-state index in [-0.39, 0.29) is 69.7 Å². The Kier molecular flexibility index (Phi) is 29.7. The molecule has 1 unspecified atom stereocenters. The van der Waals surface area contributed by atoms with E-state index in [2.05, 4.69) is 46.5 Å². The second-order valence-corrected chi connectivity index (χ2v) is 23.0. The number of nitrogens with one attached hydrogen (secondary N) is 1. The summed E-state index contributed by atoms with van der Waals surface area (Å²) in [5.41, 5.74) is 3.79. The molecule has 26 heteroatoms. The number of nitrogens with two attached hydrogens (primary N) is 1. The predicted molar refractivity (Wildman–Crippen MR) is 326 cm³/mol. The Morgan fingerprint density at radius 1 is 0.500 bits per heavy atom. The second-order valence-electron chi connectivity index (χ2n) is 20.3. The number of aliphatic hydroxyl groups excluding tert-OH is 1. The van der Waals surface area contributed by atoms with Crippen LogP contribution in [0.2, 0.25) is 0 Å². The van der Waals surface area contributed by atoms with Gasteiger partial charge >= 0.3 is 18.8 Å². The van der Waals surface area contributed by atoms with Gasteiger partial charge in [0.25, 0.3) is 11.4 Å². The molecule has 8 aromatic rings. The Morgan fingerprint density at radius 2 is 0.886 bits per heavy atom. The molecule has 469 valence electrons. The number of aliphatic hydroxyl groups is 1. The molecule has 0 spiro atoms. The van der Waals surface area contributed by atoms with Crippen molar-refractivity contribution in [1.29, 1.82) is 0 Å². The van der Waals surface area contributed by atoms with Crippen LogP contribution in [0.15, 0.2) is 152 Å². The summed E-state index contributed by atoms with van der Waals surface area (Å²) in [6, 6.07) is 26.7. The molecule has 0 aliphatic carbocycles. The number of unbranched alkanes of at least 4 members (excludes halogenated alkanes) is 10. The molecule has 23 nitrogen and oxygen atoms in total. The number of fused-ring (bicyclic) bond motifs is 4. The van der Waals surface area contributed by atoms with Gasteiger partial charge in [-0.15, -0.1) is 0 Å². The fourth-order valence-corrected chi connectivity index (χ4v) is 10.7. The van der Waals surface area contributed by atoms with Crippen LogP contribution in [0.4, 0.5) is 34.1 Å². The zero-order valence-electron chi connectivity index (χ0n) is 50.0. The molecule has 0 fully saturated rings. The number of rotatable bonds is 26. The van der Waals surface area contributed by atoms with E-state index in [1.165, 1.54) is 102 Å². The van der Waals surface area contributed by atoms with Crippen LogP contribution in [0, 0.1) is 26.1 Å².